The Hall–Kier alpha value is -0.825. The maximum atomic E-state index is 5.95. The molecule has 9 heteroatoms. The molecule has 2 aromatic rings. The smallest absolute Gasteiger partial charge is 0.128 e. The molecule has 14 radical (unpaired) electrons. The van der Waals surface area contributed by atoms with Gasteiger partial charge in [0.1, 0.15) is 66.3 Å². The summed E-state index contributed by atoms with van der Waals surface area (Å²) in [5.41, 5.74) is 1.68. The van der Waals surface area contributed by atoms with Crippen LogP contribution in [-0.4, -0.2) is 54.9 Å². The Morgan fingerprint density at radius 1 is 1.05 bits per heavy atom. The second-order valence-corrected chi connectivity index (χ2v) is 5.15. The molecule has 0 saturated carbocycles. The van der Waals surface area contributed by atoms with E-state index in [-0.39, 0.29) is 22.2 Å². The number of halogens is 1. The molecule has 1 nitrogen and oxygen atoms in total. The highest BCUT2D eigenvalue weighted by Crippen LogP contribution is 2.24. The molecule has 0 N–H and O–H groups in total. The standard InChI is InChI=1S/C12H2B7BrO/c13-2-4(14)7(16)8(17)5-1-3-6(15)9(18)11(20)10(19)12(3)21-5/h1-2H/b4-2-,8-7-. The fraction of sp³-hybridized carbons (Fsp3) is 0. The van der Waals surface area contributed by atoms with Gasteiger partial charge < -0.3 is 4.42 Å². The molecule has 0 saturated heterocycles. The van der Waals surface area contributed by atoms with Crippen molar-refractivity contribution in [3.8, 4) is 0 Å². The van der Waals surface area contributed by atoms with Crippen molar-refractivity contribution in [3.05, 3.63) is 33.2 Å². The second kappa shape index (κ2) is 6.12. The lowest BCUT2D eigenvalue weighted by molar-refractivity contribution is 0.604. The van der Waals surface area contributed by atoms with Crippen LogP contribution in [0, 0.1) is 0 Å². The van der Waals surface area contributed by atoms with Crippen LogP contribution in [0.1, 0.15) is 5.76 Å². The summed E-state index contributed by atoms with van der Waals surface area (Å²) in [5.74, 6) is 1.41. The van der Waals surface area contributed by atoms with Crippen molar-refractivity contribution in [1.29, 1.82) is 0 Å². The maximum Gasteiger partial charge on any atom is 0.128 e. The summed E-state index contributed by atoms with van der Waals surface area (Å²) in [4.78, 5) is 0. The molecular formula is C12H2B7BrO. The highest BCUT2D eigenvalue weighted by atomic mass is 79.9. The minimum atomic E-state index is 0.0979. The van der Waals surface area contributed by atoms with Gasteiger partial charge in [0.15, 0.2) is 0 Å². The Morgan fingerprint density at radius 3 is 2.24 bits per heavy atom. The molecule has 1 aromatic carbocycles. The van der Waals surface area contributed by atoms with Crippen LogP contribution in [0.4, 0.5) is 0 Å². The summed E-state index contributed by atoms with van der Waals surface area (Å²) in [6, 6.07) is 1.59. The lowest BCUT2D eigenvalue weighted by Crippen LogP contribution is -2.32. The van der Waals surface area contributed by atoms with Crippen molar-refractivity contribution in [2.75, 3.05) is 0 Å². The van der Waals surface area contributed by atoms with Gasteiger partial charge in [0.2, 0.25) is 0 Å². The van der Waals surface area contributed by atoms with Crippen molar-refractivity contribution in [3.63, 3.8) is 0 Å². The molecule has 1 aromatic heterocycles. The van der Waals surface area contributed by atoms with Crippen LogP contribution >= 0.6 is 15.9 Å². The van der Waals surface area contributed by atoms with Crippen LogP contribution in [0.2, 0.25) is 0 Å². The van der Waals surface area contributed by atoms with Gasteiger partial charge in [-0.25, -0.2) is 0 Å². The second-order valence-electron chi connectivity index (χ2n) is 4.36. The summed E-state index contributed by atoms with van der Waals surface area (Å²) in [6.45, 7) is 0. The lowest BCUT2D eigenvalue weighted by Gasteiger charge is -2.09. The van der Waals surface area contributed by atoms with Crippen LogP contribution in [-0.2, 0) is 0 Å². The number of hydrogen-bond acceptors (Lipinski definition) is 1. The van der Waals surface area contributed by atoms with E-state index in [0.29, 0.717) is 31.8 Å². The van der Waals surface area contributed by atoms with E-state index in [9.17, 15) is 0 Å². The largest absolute Gasteiger partial charge is 0.458 e. The van der Waals surface area contributed by atoms with E-state index in [1.807, 2.05) is 0 Å². The number of allylic oxidation sites excluding steroid dienone is 2. The normalized spacial score (nSPS) is 13.5. The van der Waals surface area contributed by atoms with Crippen molar-refractivity contribution in [2.24, 2.45) is 0 Å². The zero-order chi connectivity index (χ0) is 15.9. The molecule has 21 heavy (non-hydrogen) atoms. The number of fused-ring (bicyclic) bond motifs is 1. The number of rotatable bonds is 2. The van der Waals surface area contributed by atoms with Crippen LogP contribution < -0.4 is 16.4 Å². The van der Waals surface area contributed by atoms with Gasteiger partial charge in [-0.2, -0.15) is 0 Å². The minimum absolute atomic E-state index is 0.0979. The third kappa shape index (κ3) is 2.77. The number of benzene rings is 1. The van der Waals surface area contributed by atoms with Gasteiger partial charge in [0, 0.05) is 9.86 Å². The summed E-state index contributed by atoms with van der Waals surface area (Å²) < 4.78 is 6.08. The first-order chi connectivity index (χ1) is 9.79. The van der Waals surface area contributed by atoms with E-state index in [1.165, 1.54) is 0 Å². The molecule has 0 aliphatic carbocycles. The van der Waals surface area contributed by atoms with Gasteiger partial charge in [0.05, 0.1) is 0 Å². The van der Waals surface area contributed by atoms with E-state index in [2.05, 4.69) is 15.9 Å². The van der Waals surface area contributed by atoms with Crippen LogP contribution in [0.5, 0.6) is 0 Å². The fourth-order valence-electron chi connectivity index (χ4n) is 1.81. The van der Waals surface area contributed by atoms with Crippen molar-refractivity contribution >= 4 is 104 Å². The van der Waals surface area contributed by atoms with E-state index >= 15 is 0 Å². The van der Waals surface area contributed by atoms with Crippen LogP contribution in [0.3, 0.4) is 0 Å². The Kier molecular flexibility index (Phi) is 4.82. The average Bonchev–Trinajstić information content (AvgIpc) is 2.93. The zero-order valence-corrected chi connectivity index (χ0v) is 12.6. The first-order valence-corrected chi connectivity index (χ1v) is 6.57. The molecule has 2 rings (SSSR count). The molecule has 0 aliphatic heterocycles. The predicted octanol–water partition coefficient (Wildman–Crippen LogP) is -1.24. The highest BCUT2D eigenvalue weighted by Gasteiger charge is 2.15. The lowest BCUT2D eigenvalue weighted by atomic mass is 9.68. The molecule has 1 heterocycles. The van der Waals surface area contributed by atoms with Crippen molar-refractivity contribution in [1.82, 2.24) is 0 Å². The van der Waals surface area contributed by atoms with E-state index < -0.39 is 0 Å². The van der Waals surface area contributed by atoms with Gasteiger partial charge in [-0.3, -0.25) is 0 Å². The van der Waals surface area contributed by atoms with Gasteiger partial charge in [0.25, 0.3) is 0 Å². The van der Waals surface area contributed by atoms with E-state index in [4.69, 9.17) is 59.3 Å². The van der Waals surface area contributed by atoms with E-state index in [0.717, 1.165) is 5.98 Å². The van der Waals surface area contributed by atoms with Gasteiger partial charge in [-0.05, 0) is 11.5 Å². The van der Waals surface area contributed by atoms with Crippen molar-refractivity contribution < 1.29 is 4.42 Å². The van der Waals surface area contributed by atoms with Crippen LogP contribution in [0.15, 0.2) is 31.9 Å². The van der Waals surface area contributed by atoms with Crippen molar-refractivity contribution in [2.45, 2.75) is 0 Å². The molecule has 0 amide bonds. The molecule has 0 atom stereocenters. The topological polar surface area (TPSA) is 13.1 Å². The predicted molar refractivity (Wildman–Crippen MR) is 98.1 cm³/mol. The molecule has 0 unspecified atom stereocenters. The highest BCUT2D eigenvalue weighted by molar-refractivity contribution is 9.10. The average molecular weight is 318 g/mol. The number of furan rings is 1. The third-order valence-corrected chi connectivity index (χ3v) is 3.93. The molecule has 0 fully saturated rings. The first kappa shape index (κ1) is 16.5. The zero-order valence-electron chi connectivity index (χ0n) is 11.0. The Bertz CT molecular complexity index is 746. The third-order valence-electron chi connectivity index (χ3n) is 3.08. The van der Waals surface area contributed by atoms with Gasteiger partial charge in [-0.1, -0.05) is 32.3 Å². The summed E-state index contributed by atoms with van der Waals surface area (Å²) in [5, 5.41) is 0.536. The molecular weight excluding hydrogens is 316 g/mol. The summed E-state index contributed by atoms with van der Waals surface area (Å²) in [7, 11) is 40.4. The molecule has 0 bridgehead atoms. The monoisotopic (exact) mass is 318 g/mol. The maximum absolute atomic E-state index is 5.95. The molecule has 84 valence electrons. The van der Waals surface area contributed by atoms with E-state index in [1.54, 1.807) is 6.07 Å². The fourth-order valence-corrected chi connectivity index (χ4v) is 2.20. The Balaban J connectivity index is 2.76. The first-order valence-electron chi connectivity index (χ1n) is 5.78. The molecule has 0 aliphatic rings. The summed E-state index contributed by atoms with van der Waals surface area (Å²) in [6.07, 6.45) is 0. The molecule has 0 spiro atoms. The van der Waals surface area contributed by atoms with Gasteiger partial charge >= 0.3 is 0 Å². The van der Waals surface area contributed by atoms with Gasteiger partial charge in [-0.15, -0.1) is 16.9 Å². The minimum Gasteiger partial charge on any atom is -0.458 e. The quantitative estimate of drug-likeness (QED) is 0.499. The Labute approximate surface area is 141 Å². The SMILES string of the molecule is [B]/C=C([B])/C([B])=C(/[B])c1cc2c([B])c([B])c(Br)c([B])c2o1. The Morgan fingerprint density at radius 2 is 1.67 bits per heavy atom. The van der Waals surface area contributed by atoms with Crippen LogP contribution in [0.25, 0.3) is 16.4 Å². The number of hydrogen-bond donors (Lipinski definition) is 0. The summed E-state index contributed by atoms with van der Waals surface area (Å²) >= 11 is 3.26.